The summed E-state index contributed by atoms with van der Waals surface area (Å²) < 4.78 is 34.6. The number of likely N-dealkylation sites (tertiary alicyclic amines) is 1. The van der Waals surface area contributed by atoms with Crippen molar-refractivity contribution in [2.45, 2.75) is 59.8 Å². The number of benzene rings is 2. The van der Waals surface area contributed by atoms with Crippen LogP contribution in [0.3, 0.4) is 0 Å². The number of fused-ring (bicyclic) bond motifs is 1. The summed E-state index contributed by atoms with van der Waals surface area (Å²) in [5, 5.41) is 23.2. The lowest BCUT2D eigenvalue weighted by atomic mass is 9.48. The van der Waals surface area contributed by atoms with E-state index in [-0.39, 0.29) is 28.7 Å². The van der Waals surface area contributed by atoms with E-state index in [4.69, 9.17) is 4.74 Å². The molecule has 1 amide bonds. The normalized spacial score (nSPS) is 35.9. The summed E-state index contributed by atoms with van der Waals surface area (Å²) in [6, 6.07) is 8.73. The Hall–Kier alpha value is -2.88. The molecule has 5 atom stereocenters. The van der Waals surface area contributed by atoms with E-state index in [1.165, 1.54) is 12.1 Å². The molecule has 35 heavy (non-hydrogen) atoms. The average Bonchev–Trinajstić information content (AvgIpc) is 3.28. The third kappa shape index (κ3) is 2.30. The first-order chi connectivity index (χ1) is 16.8. The monoisotopic (exact) mass is 494 g/mol. The second kappa shape index (κ2) is 6.66. The number of sulfonamides is 1. The van der Waals surface area contributed by atoms with Crippen LogP contribution in [0.1, 0.15) is 40.7 Å². The molecule has 7 rings (SSSR count). The van der Waals surface area contributed by atoms with Crippen LogP contribution < -0.4 is 4.74 Å². The van der Waals surface area contributed by atoms with Crippen LogP contribution in [0.4, 0.5) is 0 Å². The number of phenols is 1. The van der Waals surface area contributed by atoms with E-state index in [1.54, 1.807) is 18.2 Å². The minimum absolute atomic E-state index is 0.00436. The highest BCUT2D eigenvalue weighted by molar-refractivity contribution is 7.90. The molecule has 2 bridgehead atoms. The molecule has 2 aliphatic carbocycles. The van der Waals surface area contributed by atoms with Crippen LogP contribution in [0.25, 0.3) is 0 Å². The molecule has 3 aliphatic heterocycles. The van der Waals surface area contributed by atoms with Gasteiger partial charge in [0.2, 0.25) is 0 Å². The second-order valence-electron chi connectivity index (χ2n) is 10.3. The van der Waals surface area contributed by atoms with Crippen molar-refractivity contribution in [3.05, 3.63) is 65.7 Å². The minimum atomic E-state index is -4.07. The maximum atomic E-state index is 13.6. The molecule has 3 heterocycles. The Kier molecular flexibility index (Phi) is 4.07. The Bertz CT molecular complexity index is 1420. The van der Waals surface area contributed by atoms with Crippen LogP contribution >= 0.6 is 0 Å². The van der Waals surface area contributed by atoms with Gasteiger partial charge < -0.3 is 14.9 Å². The molecule has 5 aliphatic rings. The maximum absolute atomic E-state index is 13.6. The number of hydrogen-bond acceptors (Lipinski definition) is 7. The van der Waals surface area contributed by atoms with Crippen molar-refractivity contribution in [2.75, 3.05) is 13.1 Å². The first-order valence-corrected chi connectivity index (χ1v) is 13.5. The number of nitrogens with zero attached hydrogens (tertiary/aromatic N) is 2. The number of aliphatic hydroxyl groups is 1. The molecular weight excluding hydrogens is 468 g/mol. The predicted molar refractivity (Wildman–Crippen MR) is 126 cm³/mol. The number of hydrogen-bond donors (Lipinski definition) is 2. The van der Waals surface area contributed by atoms with E-state index in [0.717, 1.165) is 15.4 Å². The zero-order valence-electron chi connectivity index (χ0n) is 19.1. The number of ether oxygens (including phenoxy) is 1. The molecule has 0 aromatic heterocycles. The summed E-state index contributed by atoms with van der Waals surface area (Å²) in [6.07, 6.45) is 2.74. The molecular formula is C26H26N2O6S. The third-order valence-corrected chi connectivity index (χ3v) is 10.9. The standard InChI is InChI=1S/C26H26N2O6S/c1-2-12-27-13-11-25-21-15-7-8-18(29)22(21)34-23(25)17(9-10-26(25,31)20(27)14-15)28-24(30)16-5-3-4-6-19(16)35(28,32)33/h2-8,17,20,23,29,31H,1,9-14H2/t17-,20+,23+,25+,26-/m1/s1. The first-order valence-electron chi connectivity index (χ1n) is 12.0. The molecule has 0 unspecified atom stereocenters. The Morgan fingerprint density at radius 1 is 1.20 bits per heavy atom. The van der Waals surface area contributed by atoms with Crippen molar-refractivity contribution < 1.29 is 28.2 Å². The largest absolute Gasteiger partial charge is 0.504 e. The van der Waals surface area contributed by atoms with Gasteiger partial charge in [-0.05, 0) is 56.0 Å². The summed E-state index contributed by atoms with van der Waals surface area (Å²) in [5.74, 6) is -0.276. The van der Waals surface area contributed by atoms with Crippen LogP contribution in [0.2, 0.25) is 0 Å². The summed E-state index contributed by atoms with van der Waals surface area (Å²) in [5.41, 5.74) is -0.188. The topological polar surface area (TPSA) is 107 Å². The molecule has 2 fully saturated rings. The van der Waals surface area contributed by atoms with E-state index in [9.17, 15) is 23.4 Å². The van der Waals surface area contributed by atoms with Crippen LogP contribution in [-0.2, 0) is 21.9 Å². The number of carbonyl (C=O) groups excluding carboxylic acids is 1. The summed E-state index contributed by atoms with van der Waals surface area (Å²) in [4.78, 5) is 15.7. The number of carbonyl (C=O) groups is 1. The Morgan fingerprint density at radius 2 is 2.00 bits per heavy atom. The molecule has 2 aromatic rings. The van der Waals surface area contributed by atoms with Gasteiger partial charge in [-0.3, -0.25) is 9.69 Å². The number of piperidine rings is 1. The summed E-state index contributed by atoms with van der Waals surface area (Å²) in [7, 11) is -4.07. The Balaban J connectivity index is 1.42. The van der Waals surface area contributed by atoms with Gasteiger partial charge >= 0.3 is 0 Å². The zero-order chi connectivity index (χ0) is 24.3. The fourth-order valence-corrected chi connectivity index (χ4v) is 9.54. The highest BCUT2D eigenvalue weighted by Gasteiger charge is 2.74. The quantitative estimate of drug-likeness (QED) is 0.628. The molecule has 8 nitrogen and oxygen atoms in total. The summed E-state index contributed by atoms with van der Waals surface area (Å²) in [6.45, 7) is 5.18. The molecule has 2 aromatic carbocycles. The second-order valence-corrected chi connectivity index (χ2v) is 12.1. The van der Waals surface area contributed by atoms with Gasteiger partial charge in [0.25, 0.3) is 15.9 Å². The van der Waals surface area contributed by atoms with Crippen LogP contribution in [0.15, 0.2) is 53.9 Å². The smallest absolute Gasteiger partial charge is 0.269 e. The van der Waals surface area contributed by atoms with Gasteiger partial charge in [-0.25, -0.2) is 12.7 Å². The number of phenolic OH excluding ortho intramolecular Hbond substituents is 1. The fraction of sp³-hybridized carbons (Fsp3) is 0.423. The van der Waals surface area contributed by atoms with Crippen LogP contribution in [-0.4, -0.2) is 70.6 Å². The number of rotatable bonds is 3. The Labute approximate surface area is 203 Å². The van der Waals surface area contributed by atoms with Crippen molar-refractivity contribution in [3.8, 4) is 11.5 Å². The first kappa shape index (κ1) is 21.4. The van der Waals surface area contributed by atoms with Gasteiger partial charge in [0.15, 0.2) is 11.5 Å². The SMILES string of the molecule is C=CCN1CC[C@]23c4c5ccc(O)c4O[C@H]2[C@H](N2C(=O)c4ccccc4S2(=O)=O)CC[C@@]3(O)[C@@H]1C5. The van der Waals surface area contributed by atoms with Crippen molar-refractivity contribution in [1.82, 2.24) is 9.21 Å². The van der Waals surface area contributed by atoms with Crippen molar-refractivity contribution >= 4 is 15.9 Å². The lowest BCUT2D eigenvalue weighted by Gasteiger charge is -2.64. The molecule has 9 heteroatoms. The van der Waals surface area contributed by atoms with Gasteiger partial charge in [0, 0.05) is 18.2 Å². The molecule has 1 spiro atoms. The van der Waals surface area contributed by atoms with Gasteiger partial charge in [-0.15, -0.1) is 6.58 Å². The molecule has 2 N–H and O–H groups in total. The van der Waals surface area contributed by atoms with Crippen molar-refractivity contribution in [1.29, 1.82) is 0 Å². The molecule has 1 saturated heterocycles. The fourth-order valence-electron chi connectivity index (χ4n) is 7.76. The molecule has 0 radical (unpaired) electrons. The highest BCUT2D eigenvalue weighted by Crippen LogP contribution is 2.66. The Morgan fingerprint density at radius 3 is 2.77 bits per heavy atom. The predicted octanol–water partition coefficient (Wildman–Crippen LogP) is 1.95. The van der Waals surface area contributed by atoms with Crippen LogP contribution in [0.5, 0.6) is 11.5 Å². The number of aromatic hydroxyl groups is 1. The third-order valence-electron chi connectivity index (χ3n) is 9.06. The lowest BCUT2D eigenvalue weighted by molar-refractivity contribution is -0.192. The van der Waals surface area contributed by atoms with Crippen LogP contribution in [0, 0.1) is 0 Å². The van der Waals surface area contributed by atoms with E-state index in [2.05, 4.69) is 11.5 Å². The van der Waals surface area contributed by atoms with E-state index >= 15 is 0 Å². The van der Waals surface area contributed by atoms with Gasteiger partial charge in [0.05, 0.1) is 22.6 Å². The highest BCUT2D eigenvalue weighted by atomic mass is 32.2. The summed E-state index contributed by atoms with van der Waals surface area (Å²) >= 11 is 0. The maximum Gasteiger partial charge on any atom is 0.269 e. The average molecular weight is 495 g/mol. The van der Waals surface area contributed by atoms with Crippen molar-refractivity contribution in [3.63, 3.8) is 0 Å². The van der Waals surface area contributed by atoms with Gasteiger partial charge in [-0.2, -0.15) is 0 Å². The van der Waals surface area contributed by atoms with Gasteiger partial charge in [-0.1, -0.05) is 24.3 Å². The molecule has 1 saturated carbocycles. The van der Waals surface area contributed by atoms with E-state index in [0.29, 0.717) is 38.1 Å². The van der Waals surface area contributed by atoms with E-state index < -0.39 is 39.1 Å². The molecule has 182 valence electrons. The van der Waals surface area contributed by atoms with Gasteiger partial charge in [0.1, 0.15) is 11.0 Å². The zero-order valence-corrected chi connectivity index (χ0v) is 19.9. The number of amides is 1. The van der Waals surface area contributed by atoms with Crippen molar-refractivity contribution in [2.24, 2.45) is 0 Å². The van der Waals surface area contributed by atoms with E-state index in [1.807, 2.05) is 12.1 Å². The lowest BCUT2D eigenvalue weighted by Crippen LogP contribution is -2.78. The minimum Gasteiger partial charge on any atom is -0.504 e.